The average Bonchev–Trinajstić information content (AvgIpc) is 2.37. The maximum absolute atomic E-state index is 11.6. The number of carbonyl (C=O) groups excluding carboxylic acids is 2. The Hall–Kier alpha value is -1.59. The van der Waals surface area contributed by atoms with E-state index >= 15 is 0 Å². The minimum Gasteiger partial charge on any atom is -0.369 e. The summed E-state index contributed by atoms with van der Waals surface area (Å²) in [6.07, 6.45) is -0.0163. The number of halogens is 1. The molecule has 0 radical (unpaired) electrons. The van der Waals surface area contributed by atoms with Crippen LogP contribution in [-0.2, 0) is 9.53 Å². The number of hydrogen-bond acceptors (Lipinski definition) is 3. The summed E-state index contributed by atoms with van der Waals surface area (Å²) < 4.78 is 5.18. The van der Waals surface area contributed by atoms with E-state index in [1.165, 1.54) is 13.1 Å². The molecule has 0 atom stereocenters. The van der Waals surface area contributed by atoms with Gasteiger partial charge in [0.25, 0.3) is 5.91 Å². The second-order valence-corrected chi connectivity index (χ2v) is 4.59. The largest absolute Gasteiger partial charge is 0.369 e. The van der Waals surface area contributed by atoms with Crippen molar-refractivity contribution in [3.8, 4) is 0 Å². The van der Waals surface area contributed by atoms with Crippen molar-refractivity contribution >= 4 is 29.1 Å². The van der Waals surface area contributed by atoms with Crippen molar-refractivity contribution in [3.05, 3.63) is 28.8 Å². The third kappa shape index (κ3) is 4.89. The van der Waals surface area contributed by atoms with Crippen LogP contribution in [0.4, 0.5) is 5.69 Å². The fourth-order valence-corrected chi connectivity index (χ4v) is 1.55. The highest BCUT2D eigenvalue weighted by molar-refractivity contribution is 6.34. The molecule has 0 saturated carbocycles. The molecule has 5 nitrogen and oxygen atoms in total. The lowest BCUT2D eigenvalue weighted by molar-refractivity contribution is -0.121. The first kappa shape index (κ1) is 15.5. The normalized spacial score (nSPS) is 10.4. The number of anilines is 1. The summed E-state index contributed by atoms with van der Waals surface area (Å²) in [5.74, 6) is -0.585. The van der Waals surface area contributed by atoms with E-state index in [2.05, 4.69) is 10.6 Å². The lowest BCUT2D eigenvalue weighted by Crippen LogP contribution is -2.22. The van der Waals surface area contributed by atoms with Crippen LogP contribution in [0.15, 0.2) is 18.2 Å². The highest BCUT2D eigenvalue weighted by Gasteiger charge is 2.11. The highest BCUT2D eigenvalue weighted by Crippen LogP contribution is 2.20. The number of hydrogen-bond donors (Lipinski definition) is 2. The van der Waals surface area contributed by atoms with Gasteiger partial charge in [0.1, 0.15) is 6.61 Å². The minimum absolute atomic E-state index is 0.0163. The van der Waals surface area contributed by atoms with E-state index in [1.807, 2.05) is 13.8 Å². The van der Waals surface area contributed by atoms with Gasteiger partial charge in [-0.25, -0.2) is 0 Å². The Labute approximate surface area is 117 Å². The molecule has 2 amide bonds. The number of benzene rings is 1. The molecule has 1 aromatic carbocycles. The van der Waals surface area contributed by atoms with E-state index in [9.17, 15) is 9.59 Å². The van der Waals surface area contributed by atoms with E-state index < -0.39 is 0 Å². The molecule has 0 aliphatic carbocycles. The minimum atomic E-state index is -0.306. The van der Waals surface area contributed by atoms with E-state index in [0.717, 1.165) is 0 Å². The molecule has 0 fully saturated rings. The van der Waals surface area contributed by atoms with Crippen molar-refractivity contribution in [3.63, 3.8) is 0 Å². The van der Waals surface area contributed by atoms with Gasteiger partial charge < -0.3 is 15.4 Å². The maximum atomic E-state index is 11.6. The summed E-state index contributed by atoms with van der Waals surface area (Å²) >= 11 is 5.91. The van der Waals surface area contributed by atoms with Crippen LogP contribution in [0.3, 0.4) is 0 Å². The summed E-state index contributed by atoms with van der Waals surface area (Å²) in [5, 5.41) is 5.45. The lowest BCUT2D eigenvalue weighted by Gasteiger charge is -2.10. The molecule has 0 heterocycles. The zero-order valence-corrected chi connectivity index (χ0v) is 11.9. The zero-order valence-electron chi connectivity index (χ0n) is 11.1. The fourth-order valence-electron chi connectivity index (χ4n) is 1.35. The molecule has 6 heteroatoms. The molecule has 0 spiro atoms. The average molecular weight is 285 g/mol. The van der Waals surface area contributed by atoms with Crippen LogP contribution in [0.5, 0.6) is 0 Å². The standard InChI is InChI=1S/C13H17ClN2O3/c1-8(2)19-7-12(17)16-9-4-5-11(14)10(6-9)13(18)15-3/h4-6,8H,7H2,1-3H3,(H,15,18)(H,16,17). The first-order valence-corrected chi connectivity index (χ1v) is 6.25. The first-order chi connectivity index (χ1) is 8.93. The van der Waals surface area contributed by atoms with Crippen molar-refractivity contribution in [2.24, 2.45) is 0 Å². The van der Waals surface area contributed by atoms with Gasteiger partial charge in [0.2, 0.25) is 5.91 Å². The van der Waals surface area contributed by atoms with Crippen LogP contribution in [0.2, 0.25) is 5.02 Å². The summed E-state index contributed by atoms with van der Waals surface area (Å²) in [7, 11) is 1.51. The Morgan fingerprint density at radius 1 is 1.37 bits per heavy atom. The van der Waals surface area contributed by atoms with Gasteiger partial charge in [0.15, 0.2) is 0 Å². The van der Waals surface area contributed by atoms with Crippen LogP contribution < -0.4 is 10.6 Å². The van der Waals surface area contributed by atoms with Crippen LogP contribution in [-0.4, -0.2) is 31.6 Å². The van der Waals surface area contributed by atoms with Crippen molar-refractivity contribution in [1.82, 2.24) is 5.32 Å². The van der Waals surface area contributed by atoms with Gasteiger partial charge in [0.05, 0.1) is 16.7 Å². The van der Waals surface area contributed by atoms with Crippen molar-refractivity contribution < 1.29 is 14.3 Å². The van der Waals surface area contributed by atoms with Gasteiger partial charge in [-0.2, -0.15) is 0 Å². The molecule has 0 unspecified atom stereocenters. The Morgan fingerprint density at radius 3 is 2.63 bits per heavy atom. The third-order valence-electron chi connectivity index (χ3n) is 2.27. The van der Waals surface area contributed by atoms with Gasteiger partial charge in [-0.3, -0.25) is 9.59 Å². The molecule has 0 bridgehead atoms. The predicted octanol–water partition coefficient (Wildman–Crippen LogP) is 2.06. The van der Waals surface area contributed by atoms with Crippen molar-refractivity contribution in [1.29, 1.82) is 0 Å². The summed E-state index contributed by atoms with van der Waals surface area (Å²) in [4.78, 5) is 23.1. The monoisotopic (exact) mass is 284 g/mol. The predicted molar refractivity (Wildman–Crippen MR) is 74.6 cm³/mol. The number of carbonyl (C=O) groups is 2. The molecule has 1 rings (SSSR count). The van der Waals surface area contributed by atoms with Crippen LogP contribution in [0, 0.1) is 0 Å². The van der Waals surface area contributed by atoms with Gasteiger partial charge >= 0.3 is 0 Å². The second kappa shape index (κ2) is 7.11. The molecular formula is C13H17ClN2O3. The molecule has 104 valence electrons. The molecule has 0 saturated heterocycles. The van der Waals surface area contributed by atoms with Crippen molar-refractivity contribution in [2.45, 2.75) is 20.0 Å². The van der Waals surface area contributed by atoms with Crippen LogP contribution in [0.25, 0.3) is 0 Å². The third-order valence-corrected chi connectivity index (χ3v) is 2.60. The molecule has 0 aliphatic heterocycles. The quantitative estimate of drug-likeness (QED) is 0.870. The SMILES string of the molecule is CNC(=O)c1cc(NC(=O)COC(C)C)ccc1Cl. The number of ether oxygens (including phenoxy) is 1. The topological polar surface area (TPSA) is 67.4 Å². The number of amides is 2. The van der Waals surface area contributed by atoms with E-state index in [-0.39, 0.29) is 24.5 Å². The number of nitrogens with one attached hydrogen (secondary N) is 2. The Bertz CT molecular complexity index is 475. The van der Waals surface area contributed by atoms with E-state index in [0.29, 0.717) is 16.3 Å². The Kier molecular flexibility index (Phi) is 5.79. The highest BCUT2D eigenvalue weighted by atomic mass is 35.5. The fraction of sp³-hybridized carbons (Fsp3) is 0.385. The molecule has 0 aromatic heterocycles. The lowest BCUT2D eigenvalue weighted by atomic mass is 10.2. The summed E-state index contributed by atoms with van der Waals surface area (Å²) in [6.45, 7) is 3.66. The van der Waals surface area contributed by atoms with E-state index in [1.54, 1.807) is 12.1 Å². The Morgan fingerprint density at radius 2 is 2.05 bits per heavy atom. The van der Waals surface area contributed by atoms with Gasteiger partial charge in [-0.15, -0.1) is 0 Å². The number of rotatable bonds is 5. The summed E-state index contributed by atoms with van der Waals surface area (Å²) in [6, 6.07) is 4.71. The van der Waals surface area contributed by atoms with E-state index in [4.69, 9.17) is 16.3 Å². The van der Waals surface area contributed by atoms with Crippen LogP contribution >= 0.6 is 11.6 Å². The molecular weight excluding hydrogens is 268 g/mol. The van der Waals surface area contributed by atoms with Crippen LogP contribution in [0.1, 0.15) is 24.2 Å². The maximum Gasteiger partial charge on any atom is 0.252 e. The Balaban J connectivity index is 2.74. The molecule has 2 N–H and O–H groups in total. The molecule has 1 aromatic rings. The first-order valence-electron chi connectivity index (χ1n) is 5.87. The zero-order chi connectivity index (χ0) is 14.4. The molecule has 0 aliphatic rings. The van der Waals surface area contributed by atoms with Gasteiger partial charge in [-0.1, -0.05) is 11.6 Å². The van der Waals surface area contributed by atoms with Crippen molar-refractivity contribution in [2.75, 3.05) is 19.0 Å². The second-order valence-electron chi connectivity index (χ2n) is 4.18. The van der Waals surface area contributed by atoms with Gasteiger partial charge in [-0.05, 0) is 32.0 Å². The smallest absolute Gasteiger partial charge is 0.252 e. The van der Waals surface area contributed by atoms with Gasteiger partial charge in [0, 0.05) is 12.7 Å². The summed E-state index contributed by atoms with van der Waals surface area (Å²) in [5.41, 5.74) is 0.812. The molecule has 19 heavy (non-hydrogen) atoms.